The van der Waals surface area contributed by atoms with Crippen LogP contribution in [0.4, 0.5) is 15.8 Å². The number of piperazine rings is 1. The number of halogens is 2. The van der Waals surface area contributed by atoms with E-state index in [1.54, 1.807) is 6.07 Å². The molecular weight excluding hydrogens is 281 g/mol. The zero-order valence-corrected chi connectivity index (χ0v) is 12.4. The Morgan fingerprint density at radius 3 is 2.70 bits per heavy atom. The number of likely N-dealkylation sites (N-methyl/N-ethyl adjacent to an activating group) is 1. The Morgan fingerprint density at radius 1 is 1.35 bits per heavy atom. The standard InChI is InChI=1S/C14H21ClFN3O/c1-18-5-7-19(8-6-18)14-12(16)3-2-4-13(14)17-10-11(20)9-15/h2-4,11,17,20H,5-10H2,1H3. The number of alkyl halides is 1. The fourth-order valence-electron chi connectivity index (χ4n) is 2.29. The number of para-hydroxylation sites is 1. The number of hydrogen-bond donors (Lipinski definition) is 2. The predicted molar refractivity (Wildman–Crippen MR) is 81.3 cm³/mol. The van der Waals surface area contributed by atoms with Crippen LogP contribution in [0.15, 0.2) is 18.2 Å². The third-order valence-electron chi connectivity index (χ3n) is 3.51. The smallest absolute Gasteiger partial charge is 0.148 e. The molecule has 1 aliphatic rings. The molecule has 1 aromatic rings. The van der Waals surface area contributed by atoms with E-state index in [9.17, 15) is 9.50 Å². The van der Waals surface area contributed by atoms with E-state index in [4.69, 9.17) is 11.6 Å². The van der Waals surface area contributed by atoms with E-state index in [-0.39, 0.29) is 11.7 Å². The maximum Gasteiger partial charge on any atom is 0.148 e. The molecule has 4 nitrogen and oxygen atoms in total. The summed E-state index contributed by atoms with van der Waals surface area (Å²) >= 11 is 5.57. The van der Waals surface area contributed by atoms with E-state index in [0.717, 1.165) is 26.2 Å². The lowest BCUT2D eigenvalue weighted by molar-refractivity contribution is 0.211. The van der Waals surface area contributed by atoms with Gasteiger partial charge in [-0.05, 0) is 19.2 Å². The number of benzene rings is 1. The lowest BCUT2D eigenvalue weighted by Gasteiger charge is -2.35. The van der Waals surface area contributed by atoms with Crippen LogP contribution in [-0.4, -0.2) is 61.8 Å². The van der Waals surface area contributed by atoms with Gasteiger partial charge in [0.05, 0.1) is 23.4 Å². The average molecular weight is 302 g/mol. The topological polar surface area (TPSA) is 38.7 Å². The van der Waals surface area contributed by atoms with Crippen LogP contribution in [0.5, 0.6) is 0 Å². The first kappa shape index (κ1) is 15.4. The first-order chi connectivity index (χ1) is 9.61. The fraction of sp³-hybridized carbons (Fsp3) is 0.571. The third-order valence-corrected chi connectivity index (χ3v) is 3.87. The number of aliphatic hydroxyl groups excluding tert-OH is 1. The lowest BCUT2D eigenvalue weighted by atomic mass is 10.2. The molecule has 1 aromatic carbocycles. The maximum atomic E-state index is 14.2. The molecule has 6 heteroatoms. The van der Waals surface area contributed by atoms with Gasteiger partial charge in [0.2, 0.25) is 0 Å². The number of rotatable bonds is 5. The Hall–Kier alpha value is -1.04. The Labute approximate surface area is 124 Å². The van der Waals surface area contributed by atoms with Gasteiger partial charge in [0.15, 0.2) is 0 Å². The second-order valence-electron chi connectivity index (χ2n) is 5.12. The maximum absolute atomic E-state index is 14.2. The summed E-state index contributed by atoms with van der Waals surface area (Å²) in [5, 5.41) is 12.6. The molecule has 1 aliphatic heterocycles. The molecule has 1 atom stereocenters. The van der Waals surface area contributed by atoms with Crippen molar-refractivity contribution in [3.05, 3.63) is 24.0 Å². The summed E-state index contributed by atoms with van der Waals surface area (Å²) in [5.41, 5.74) is 1.29. The molecule has 2 N–H and O–H groups in total. The van der Waals surface area contributed by atoms with Gasteiger partial charge in [-0.1, -0.05) is 6.07 Å². The van der Waals surface area contributed by atoms with Crippen molar-refractivity contribution in [2.45, 2.75) is 6.10 Å². The summed E-state index contributed by atoms with van der Waals surface area (Å²) in [6, 6.07) is 4.97. The van der Waals surface area contributed by atoms with E-state index in [2.05, 4.69) is 17.3 Å². The Balaban J connectivity index is 2.13. The lowest BCUT2D eigenvalue weighted by Crippen LogP contribution is -2.45. The van der Waals surface area contributed by atoms with Crippen LogP contribution in [0, 0.1) is 5.82 Å². The first-order valence-corrected chi connectivity index (χ1v) is 7.35. The summed E-state index contributed by atoms with van der Waals surface area (Å²) in [6.45, 7) is 3.73. The molecule has 0 spiro atoms. The van der Waals surface area contributed by atoms with Crippen molar-refractivity contribution in [1.82, 2.24) is 4.90 Å². The van der Waals surface area contributed by atoms with Crippen LogP contribution >= 0.6 is 11.6 Å². The monoisotopic (exact) mass is 301 g/mol. The highest BCUT2D eigenvalue weighted by Crippen LogP contribution is 2.29. The largest absolute Gasteiger partial charge is 0.390 e. The van der Waals surface area contributed by atoms with E-state index in [1.807, 2.05) is 11.0 Å². The van der Waals surface area contributed by atoms with Gasteiger partial charge >= 0.3 is 0 Å². The summed E-state index contributed by atoms with van der Waals surface area (Å²) in [7, 11) is 2.06. The highest BCUT2D eigenvalue weighted by atomic mass is 35.5. The van der Waals surface area contributed by atoms with Crippen molar-refractivity contribution in [2.75, 3.05) is 55.9 Å². The third kappa shape index (κ3) is 3.75. The number of anilines is 2. The molecule has 20 heavy (non-hydrogen) atoms. The number of nitrogens with zero attached hydrogens (tertiary/aromatic N) is 2. The molecule has 0 saturated carbocycles. The van der Waals surface area contributed by atoms with Crippen molar-refractivity contribution in [3.8, 4) is 0 Å². The number of hydrogen-bond acceptors (Lipinski definition) is 4. The van der Waals surface area contributed by atoms with Crippen LogP contribution in [-0.2, 0) is 0 Å². The predicted octanol–water partition coefficient (Wildman–Crippen LogP) is 1.59. The molecule has 1 fully saturated rings. The van der Waals surface area contributed by atoms with Crippen molar-refractivity contribution in [3.63, 3.8) is 0 Å². The van der Waals surface area contributed by atoms with Crippen LogP contribution < -0.4 is 10.2 Å². The summed E-state index contributed by atoms with van der Waals surface area (Å²) in [6.07, 6.45) is -0.639. The molecule has 1 heterocycles. The normalized spacial score (nSPS) is 18.1. The molecule has 0 radical (unpaired) electrons. The van der Waals surface area contributed by atoms with Gasteiger partial charge < -0.3 is 20.2 Å². The second-order valence-corrected chi connectivity index (χ2v) is 5.42. The molecule has 0 aliphatic carbocycles. The molecule has 1 saturated heterocycles. The van der Waals surface area contributed by atoms with Crippen LogP contribution in [0.25, 0.3) is 0 Å². The second kappa shape index (κ2) is 7.11. The van der Waals surface area contributed by atoms with Crippen LogP contribution in [0.2, 0.25) is 0 Å². The first-order valence-electron chi connectivity index (χ1n) is 6.81. The summed E-state index contributed by atoms with van der Waals surface area (Å²) in [5.74, 6) is -0.0773. The minimum Gasteiger partial charge on any atom is -0.390 e. The quantitative estimate of drug-likeness (QED) is 0.810. The van der Waals surface area contributed by atoms with Gasteiger partial charge in [-0.25, -0.2) is 4.39 Å². The Morgan fingerprint density at radius 2 is 2.05 bits per heavy atom. The molecule has 0 bridgehead atoms. The van der Waals surface area contributed by atoms with Gasteiger partial charge in [-0.15, -0.1) is 11.6 Å². The molecule has 0 amide bonds. The molecule has 2 rings (SSSR count). The van der Waals surface area contributed by atoms with E-state index in [1.165, 1.54) is 6.07 Å². The van der Waals surface area contributed by atoms with Gasteiger partial charge in [0.25, 0.3) is 0 Å². The van der Waals surface area contributed by atoms with Crippen molar-refractivity contribution < 1.29 is 9.50 Å². The van der Waals surface area contributed by atoms with Gasteiger partial charge in [-0.2, -0.15) is 0 Å². The minimum absolute atomic E-state index is 0.159. The highest BCUT2D eigenvalue weighted by Gasteiger charge is 2.20. The Bertz CT molecular complexity index is 438. The van der Waals surface area contributed by atoms with Gasteiger partial charge in [0, 0.05) is 32.7 Å². The van der Waals surface area contributed by atoms with Crippen LogP contribution in [0.1, 0.15) is 0 Å². The van der Waals surface area contributed by atoms with Gasteiger partial charge in [0.1, 0.15) is 5.82 Å². The average Bonchev–Trinajstić information content (AvgIpc) is 2.46. The number of aliphatic hydroxyl groups is 1. The van der Waals surface area contributed by atoms with E-state index in [0.29, 0.717) is 17.9 Å². The zero-order chi connectivity index (χ0) is 14.5. The van der Waals surface area contributed by atoms with Crippen molar-refractivity contribution >= 4 is 23.0 Å². The summed E-state index contributed by atoms with van der Waals surface area (Å²) in [4.78, 5) is 4.27. The summed E-state index contributed by atoms with van der Waals surface area (Å²) < 4.78 is 14.2. The van der Waals surface area contributed by atoms with E-state index >= 15 is 0 Å². The van der Waals surface area contributed by atoms with Gasteiger partial charge in [-0.3, -0.25) is 0 Å². The van der Waals surface area contributed by atoms with E-state index < -0.39 is 6.10 Å². The van der Waals surface area contributed by atoms with Crippen LogP contribution in [0.3, 0.4) is 0 Å². The molecule has 0 aromatic heterocycles. The SMILES string of the molecule is CN1CCN(c2c(F)cccc2NCC(O)CCl)CC1. The zero-order valence-electron chi connectivity index (χ0n) is 11.6. The number of nitrogens with one attached hydrogen (secondary N) is 1. The Kier molecular flexibility index (Phi) is 5.46. The van der Waals surface area contributed by atoms with Crippen molar-refractivity contribution in [1.29, 1.82) is 0 Å². The molecule has 1 unspecified atom stereocenters. The molecule has 112 valence electrons. The fourth-order valence-corrected chi connectivity index (χ4v) is 2.40. The highest BCUT2D eigenvalue weighted by molar-refractivity contribution is 6.18. The van der Waals surface area contributed by atoms with Crippen molar-refractivity contribution in [2.24, 2.45) is 0 Å². The minimum atomic E-state index is -0.639. The molecular formula is C14H21ClFN3O.